The zero-order chi connectivity index (χ0) is 14.2. The Bertz CT molecular complexity index is 452. The smallest absolute Gasteiger partial charge is 0.0962 e. The lowest BCUT2D eigenvalue weighted by Crippen LogP contribution is -2.39. The van der Waals surface area contributed by atoms with Gasteiger partial charge in [0.15, 0.2) is 0 Å². The molecule has 1 N–H and O–H groups in total. The number of aromatic nitrogens is 1. The molecule has 0 radical (unpaired) electrons. The average molecular weight is 292 g/mol. The highest BCUT2D eigenvalue weighted by atomic mass is 32.1. The number of fused-ring (bicyclic) bond motifs is 1. The minimum absolute atomic E-state index is 0.210. The highest BCUT2D eigenvalue weighted by Crippen LogP contribution is 2.41. The van der Waals surface area contributed by atoms with Gasteiger partial charge in [0.1, 0.15) is 0 Å². The summed E-state index contributed by atoms with van der Waals surface area (Å²) >= 11 is 2.03. The van der Waals surface area contributed by atoms with Gasteiger partial charge in [0, 0.05) is 28.8 Å². The molecule has 2 aliphatic carbocycles. The minimum atomic E-state index is 0.210. The Kier molecular flexibility index (Phi) is 4.19. The molecule has 0 amide bonds. The van der Waals surface area contributed by atoms with Crippen molar-refractivity contribution in [1.82, 2.24) is 10.3 Å². The first-order valence-electron chi connectivity index (χ1n) is 8.27. The van der Waals surface area contributed by atoms with Crippen LogP contribution < -0.4 is 5.32 Å². The summed E-state index contributed by atoms with van der Waals surface area (Å²) in [6, 6.07) is 0. The standard InChI is InChI=1S/C17H28N2S/c1-17(2,3)18-11-13-9-6-10-14-15(13)19-16(20-14)12-7-4-5-8-12/h12-13,18H,4-11H2,1-3H3. The van der Waals surface area contributed by atoms with Crippen LogP contribution in [0.15, 0.2) is 0 Å². The molecular weight excluding hydrogens is 264 g/mol. The fraction of sp³-hybridized carbons (Fsp3) is 0.824. The van der Waals surface area contributed by atoms with Gasteiger partial charge in [-0.1, -0.05) is 12.8 Å². The average Bonchev–Trinajstić information content (AvgIpc) is 3.03. The van der Waals surface area contributed by atoms with E-state index in [-0.39, 0.29) is 5.54 Å². The Morgan fingerprint density at radius 1 is 1.15 bits per heavy atom. The van der Waals surface area contributed by atoms with Crippen molar-refractivity contribution in [3.63, 3.8) is 0 Å². The van der Waals surface area contributed by atoms with Gasteiger partial charge in [-0.15, -0.1) is 11.3 Å². The van der Waals surface area contributed by atoms with Crippen molar-refractivity contribution in [2.24, 2.45) is 0 Å². The first-order chi connectivity index (χ1) is 9.53. The van der Waals surface area contributed by atoms with Crippen LogP contribution in [0.4, 0.5) is 0 Å². The lowest BCUT2D eigenvalue weighted by Gasteiger charge is -2.27. The van der Waals surface area contributed by atoms with Crippen LogP contribution in [0.2, 0.25) is 0 Å². The number of nitrogens with zero attached hydrogens (tertiary/aromatic N) is 1. The summed E-state index contributed by atoms with van der Waals surface area (Å²) in [5, 5.41) is 5.13. The largest absolute Gasteiger partial charge is 0.311 e. The zero-order valence-electron chi connectivity index (χ0n) is 13.2. The molecule has 1 aromatic rings. The molecule has 112 valence electrons. The van der Waals surface area contributed by atoms with E-state index >= 15 is 0 Å². The maximum Gasteiger partial charge on any atom is 0.0962 e. The second kappa shape index (κ2) is 5.76. The van der Waals surface area contributed by atoms with E-state index < -0.39 is 0 Å². The number of hydrogen-bond donors (Lipinski definition) is 1. The van der Waals surface area contributed by atoms with Crippen molar-refractivity contribution < 1.29 is 0 Å². The highest BCUT2D eigenvalue weighted by Gasteiger charge is 2.28. The van der Waals surface area contributed by atoms with Crippen LogP contribution in [0.3, 0.4) is 0 Å². The highest BCUT2D eigenvalue weighted by molar-refractivity contribution is 7.11. The van der Waals surface area contributed by atoms with E-state index in [1.807, 2.05) is 11.3 Å². The predicted molar refractivity (Wildman–Crippen MR) is 86.8 cm³/mol. The summed E-state index contributed by atoms with van der Waals surface area (Å²) in [5.74, 6) is 1.42. The molecule has 0 bridgehead atoms. The van der Waals surface area contributed by atoms with E-state index in [0.29, 0.717) is 5.92 Å². The topological polar surface area (TPSA) is 24.9 Å². The molecule has 0 spiro atoms. The molecule has 3 rings (SSSR count). The molecule has 0 saturated heterocycles. The molecule has 0 aliphatic heterocycles. The van der Waals surface area contributed by atoms with E-state index in [4.69, 9.17) is 4.98 Å². The van der Waals surface area contributed by atoms with Crippen molar-refractivity contribution in [3.8, 4) is 0 Å². The Balaban J connectivity index is 1.74. The van der Waals surface area contributed by atoms with Gasteiger partial charge in [0.05, 0.1) is 10.7 Å². The number of nitrogens with one attached hydrogen (secondary N) is 1. The van der Waals surface area contributed by atoms with Gasteiger partial charge >= 0.3 is 0 Å². The van der Waals surface area contributed by atoms with Gasteiger partial charge < -0.3 is 5.32 Å². The molecule has 1 aromatic heterocycles. The molecule has 1 atom stereocenters. The van der Waals surface area contributed by atoms with E-state index in [1.54, 1.807) is 4.88 Å². The fourth-order valence-electron chi connectivity index (χ4n) is 3.50. The summed E-state index contributed by atoms with van der Waals surface area (Å²) < 4.78 is 0. The van der Waals surface area contributed by atoms with Crippen LogP contribution in [-0.4, -0.2) is 17.1 Å². The summed E-state index contributed by atoms with van der Waals surface area (Å²) in [7, 11) is 0. The normalized spacial score (nSPS) is 24.1. The molecule has 2 aliphatic rings. The van der Waals surface area contributed by atoms with Gasteiger partial charge in [-0.3, -0.25) is 0 Å². The van der Waals surface area contributed by atoms with Crippen LogP contribution in [0.25, 0.3) is 0 Å². The quantitative estimate of drug-likeness (QED) is 0.880. The van der Waals surface area contributed by atoms with Crippen LogP contribution in [0.1, 0.15) is 86.7 Å². The first kappa shape index (κ1) is 14.5. The van der Waals surface area contributed by atoms with Crippen molar-refractivity contribution >= 4 is 11.3 Å². The van der Waals surface area contributed by atoms with Crippen molar-refractivity contribution in [2.75, 3.05) is 6.54 Å². The third-order valence-electron chi connectivity index (χ3n) is 4.67. The monoisotopic (exact) mass is 292 g/mol. The zero-order valence-corrected chi connectivity index (χ0v) is 14.0. The lowest BCUT2D eigenvalue weighted by atomic mass is 9.90. The molecule has 1 fully saturated rings. The second-order valence-electron chi connectivity index (χ2n) is 7.56. The van der Waals surface area contributed by atoms with Crippen LogP contribution in [0, 0.1) is 0 Å². The molecule has 3 heteroatoms. The van der Waals surface area contributed by atoms with E-state index in [1.165, 1.54) is 55.6 Å². The van der Waals surface area contributed by atoms with Gasteiger partial charge in [0.2, 0.25) is 0 Å². The van der Waals surface area contributed by atoms with Crippen molar-refractivity contribution in [3.05, 3.63) is 15.6 Å². The number of aryl methyl sites for hydroxylation is 1. The molecule has 1 heterocycles. The maximum absolute atomic E-state index is 5.09. The van der Waals surface area contributed by atoms with E-state index in [2.05, 4.69) is 26.1 Å². The lowest BCUT2D eigenvalue weighted by molar-refractivity contribution is 0.388. The van der Waals surface area contributed by atoms with Gasteiger partial charge in [-0.05, 0) is 52.9 Å². The SMILES string of the molecule is CC(C)(C)NCC1CCCc2sc(C3CCCC3)nc21. The number of rotatable bonds is 3. The molecule has 1 unspecified atom stereocenters. The third kappa shape index (κ3) is 3.25. The Hall–Kier alpha value is -0.410. The van der Waals surface area contributed by atoms with Crippen LogP contribution in [-0.2, 0) is 6.42 Å². The first-order valence-corrected chi connectivity index (χ1v) is 9.09. The van der Waals surface area contributed by atoms with Gasteiger partial charge in [0.25, 0.3) is 0 Å². The molecule has 0 aromatic carbocycles. The second-order valence-corrected chi connectivity index (χ2v) is 8.68. The third-order valence-corrected chi connectivity index (χ3v) is 5.96. The number of hydrogen-bond acceptors (Lipinski definition) is 3. The van der Waals surface area contributed by atoms with Crippen molar-refractivity contribution in [2.45, 2.75) is 83.1 Å². The number of thiazole rings is 1. The predicted octanol–water partition coefficient (Wildman–Crippen LogP) is 4.61. The molecule has 20 heavy (non-hydrogen) atoms. The maximum atomic E-state index is 5.09. The van der Waals surface area contributed by atoms with Crippen molar-refractivity contribution in [1.29, 1.82) is 0 Å². The van der Waals surface area contributed by atoms with Crippen LogP contribution >= 0.6 is 11.3 Å². The summed E-state index contributed by atoms with van der Waals surface area (Å²) in [6.45, 7) is 7.84. The van der Waals surface area contributed by atoms with Gasteiger partial charge in [-0.2, -0.15) is 0 Å². The summed E-state index contributed by atoms with van der Waals surface area (Å²) in [5.41, 5.74) is 1.65. The molecular formula is C17H28N2S. The minimum Gasteiger partial charge on any atom is -0.311 e. The Morgan fingerprint density at radius 3 is 2.60 bits per heavy atom. The Morgan fingerprint density at radius 2 is 1.90 bits per heavy atom. The summed E-state index contributed by atoms with van der Waals surface area (Å²) in [4.78, 5) is 6.69. The van der Waals surface area contributed by atoms with Crippen LogP contribution in [0.5, 0.6) is 0 Å². The molecule has 2 nitrogen and oxygen atoms in total. The summed E-state index contributed by atoms with van der Waals surface area (Å²) in [6.07, 6.45) is 9.48. The Labute approximate surface area is 127 Å². The van der Waals surface area contributed by atoms with E-state index in [0.717, 1.165) is 12.5 Å². The van der Waals surface area contributed by atoms with E-state index in [9.17, 15) is 0 Å². The fourth-order valence-corrected chi connectivity index (χ4v) is 4.86. The van der Waals surface area contributed by atoms with Gasteiger partial charge in [-0.25, -0.2) is 4.98 Å². The molecule has 1 saturated carbocycles.